The van der Waals surface area contributed by atoms with Crippen molar-refractivity contribution in [2.24, 2.45) is 0 Å². The Bertz CT molecular complexity index is 636. The van der Waals surface area contributed by atoms with Crippen molar-refractivity contribution in [3.05, 3.63) is 18.1 Å². The fraction of sp³-hybridized carbons (Fsp3) is 0.700. The Balaban J connectivity index is 1.45. The summed E-state index contributed by atoms with van der Waals surface area (Å²) < 4.78 is 5.01. The van der Waals surface area contributed by atoms with Gasteiger partial charge in [0.2, 0.25) is 0 Å². The van der Waals surface area contributed by atoms with Crippen molar-refractivity contribution in [1.82, 2.24) is 20.2 Å². The molecule has 0 unspecified atom stereocenters. The van der Waals surface area contributed by atoms with Crippen molar-refractivity contribution in [2.75, 3.05) is 25.0 Å². The molecule has 0 radical (unpaired) electrons. The van der Waals surface area contributed by atoms with Gasteiger partial charge in [-0.25, -0.2) is 14.8 Å². The molecule has 154 valence electrons. The lowest BCUT2D eigenvalue weighted by Crippen LogP contribution is -2.46. The van der Waals surface area contributed by atoms with Crippen LogP contribution in [0.1, 0.15) is 68.8 Å². The molecule has 8 heteroatoms. The first-order valence-electron chi connectivity index (χ1n) is 10.5. The van der Waals surface area contributed by atoms with Gasteiger partial charge in [0.1, 0.15) is 11.5 Å². The summed E-state index contributed by atoms with van der Waals surface area (Å²) in [6.07, 6.45) is 11.7. The monoisotopic (exact) mass is 389 g/mol. The summed E-state index contributed by atoms with van der Waals surface area (Å²) in [5.41, 5.74) is 0.319. The number of hydrogen-bond donors (Lipinski definition) is 2. The van der Waals surface area contributed by atoms with E-state index in [-0.39, 0.29) is 18.0 Å². The van der Waals surface area contributed by atoms with Crippen molar-refractivity contribution >= 4 is 17.8 Å². The fourth-order valence-electron chi connectivity index (χ4n) is 3.83. The average molecular weight is 390 g/mol. The van der Waals surface area contributed by atoms with Crippen LogP contribution in [0, 0.1) is 0 Å². The van der Waals surface area contributed by atoms with Gasteiger partial charge in [-0.15, -0.1) is 0 Å². The number of piperidine rings is 1. The van der Waals surface area contributed by atoms with Gasteiger partial charge in [0.25, 0.3) is 5.91 Å². The van der Waals surface area contributed by atoms with Gasteiger partial charge in [-0.3, -0.25) is 4.79 Å². The second-order valence-corrected chi connectivity index (χ2v) is 7.55. The van der Waals surface area contributed by atoms with E-state index >= 15 is 0 Å². The molecule has 1 saturated heterocycles. The number of anilines is 1. The van der Waals surface area contributed by atoms with E-state index in [1.54, 1.807) is 18.0 Å². The summed E-state index contributed by atoms with van der Waals surface area (Å²) >= 11 is 0. The van der Waals surface area contributed by atoms with Crippen LogP contribution in [-0.2, 0) is 4.74 Å². The fourth-order valence-corrected chi connectivity index (χ4v) is 3.83. The smallest absolute Gasteiger partial charge is 0.409 e. The largest absolute Gasteiger partial charge is 0.450 e. The topological polar surface area (TPSA) is 96.5 Å². The predicted molar refractivity (Wildman–Crippen MR) is 106 cm³/mol. The number of likely N-dealkylation sites (tertiary alicyclic amines) is 1. The Labute approximate surface area is 166 Å². The van der Waals surface area contributed by atoms with E-state index in [0.29, 0.717) is 44.3 Å². The van der Waals surface area contributed by atoms with Crippen molar-refractivity contribution in [3.63, 3.8) is 0 Å². The lowest BCUT2D eigenvalue weighted by Gasteiger charge is -2.31. The molecule has 3 rings (SSSR count). The third-order valence-corrected chi connectivity index (χ3v) is 5.45. The van der Waals surface area contributed by atoms with Gasteiger partial charge in [-0.05, 0) is 32.6 Å². The molecule has 0 atom stereocenters. The molecule has 1 aliphatic heterocycles. The molecule has 0 spiro atoms. The predicted octanol–water partition coefficient (Wildman–Crippen LogP) is 2.96. The molecule has 2 aliphatic rings. The zero-order valence-corrected chi connectivity index (χ0v) is 16.7. The van der Waals surface area contributed by atoms with Crippen LogP contribution in [-0.4, -0.2) is 58.6 Å². The highest BCUT2D eigenvalue weighted by atomic mass is 16.6. The Morgan fingerprint density at radius 2 is 1.75 bits per heavy atom. The number of nitrogens with one attached hydrogen (secondary N) is 2. The van der Waals surface area contributed by atoms with Crippen LogP contribution < -0.4 is 10.6 Å². The Kier molecular flexibility index (Phi) is 7.45. The number of nitrogens with zero attached hydrogens (tertiary/aromatic N) is 3. The summed E-state index contributed by atoms with van der Waals surface area (Å²) in [5, 5.41) is 6.43. The van der Waals surface area contributed by atoms with Crippen LogP contribution in [0.15, 0.2) is 12.4 Å². The van der Waals surface area contributed by atoms with Gasteiger partial charge in [0, 0.05) is 25.2 Å². The highest BCUT2D eigenvalue weighted by Gasteiger charge is 2.25. The molecule has 1 aliphatic carbocycles. The number of hydrogen-bond acceptors (Lipinski definition) is 6. The molecule has 2 N–H and O–H groups in total. The Hall–Kier alpha value is -2.38. The molecule has 2 fully saturated rings. The Morgan fingerprint density at radius 1 is 1.04 bits per heavy atom. The second kappa shape index (κ2) is 10.2. The third-order valence-electron chi connectivity index (χ3n) is 5.45. The number of carbonyl (C=O) groups is 2. The highest BCUT2D eigenvalue weighted by Crippen LogP contribution is 2.20. The molecular formula is C20H31N5O3. The number of aromatic nitrogens is 2. The number of amides is 2. The second-order valence-electron chi connectivity index (χ2n) is 7.55. The van der Waals surface area contributed by atoms with Crippen molar-refractivity contribution in [2.45, 2.75) is 70.4 Å². The maximum Gasteiger partial charge on any atom is 0.409 e. The van der Waals surface area contributed by atoms with E-state index < -0.39 is 0 Å². The van der Waals surface area contributed by atoms with Crippen molar-refractivity contribution < 1.29 is 14.3 Å². The van der Waals surface area contributed by atoms with Crippen LogP contribution >= 0.6 is 0 Å². The molecule has 28 heavy (non-hydrogen) atoms. The van der Waals surface area contributed by atoms with Crippen LogP contribution in [0.25, 0.3) is 0 Å². The average Bonchev–Trinajstić information content (AvgIpc) is 2.98. The van der Waals surface area contributed by atoms with E-state index in [4.69, 9.17) is 4.74 Å². The van der Waals surface area contributed by atoms with Crippen molar-refractivity contribution in [1.29, 1.82) is 0 Å². The quantitative estimate of drug-likeness (QED) is 0.752. The molecule has 0 aromatic carbocycles. The van der Waals surface area contributed by atoms with E-state index in [2.05, 4.69) is 20.6 Å². The van der Waals surface area contributed by atoms with E-state index in [0.717, 1.165) is 18.7 Å². The van der Waals surface area contributed by atoms with Gasteiger partial charge in [-0.2, -0.15) is 0 Å². The normalized spacial score (nSPS) is 19.0. The summed E-state index contributed by atoms with van der Waals surface area (Å²) in [6.45, 7) is 3.34. The third kappa shape index (κ3) is 5.81. The molecular weight excluding hydrogens is 358 g/mol. The lowest BCUT2D eigenvalue weighted by molar-refractivity contribution is 0.0856. The van der Waals surface area contributed by atoms with Gasteiger partial charge in [0.05, 0.1) is 19.0 Å². The molecule has 0 bridgehead atoms. The first-order valence-corrected chi connectivity index (χ1v) is 10.5. The minimum atomic E-state index is -0.282. The summed E-state index contributed by atoms with van der Waals surface area (Å²) in [4.78, 5) is 34.5. The molecule has 1 saturated carbocycles. The van der Waals surface area contributed by atoms with Crippen LogP contribution in [0.4, 0.5) is 10.6 Å². The zero-order valence-electron chi connectivity index (χ0n) is 16.7. The van der Waals surface area contributed by atoms with Crippen LogP contribution in [0.2, 0.25) is 0 Å². The summed E-state index contributed by atoms with van der Waals surface area (Å²) in [5.74, 6) is 0.509. The lowest BCUT2D eigenvalue weighted by atomic mass is 10.1. The van der Waals surface area contributed by atoms with E-state index in [1.165, 1.54) is 31.9 Å². The zero-order chi connectivity index (χ0) is 19.8. The minimum Gasteiger partial charge on any atom is -0.450 e. The molecule has 8 nitrogen and oxygen atoms in total. The van der Waals surface area contributed by atoms with Crippen LogP contribution in [0.5, 0.6) is 0 Å². The first kappa shape index (κ1) is 20.4. The summed E-state index contributed by atoms with van der Waals surface area (Å²) in [7, 11) is 0. The standard InChI is InChI=1S/C20H31N5O3/c1-2-28-20(27)25-11-9-16(10-12-25)24-19(26)17-13-22-18(14-21-17)23-15-7-5-3-4-6-8-15/h13-16H,2-12H2,1H3,(H,22,23)(H,24,26). The SMILES string of the molecule is CCOC(=O)N1CCC(NC(=O)c2cnc(NC3CCCCCC3)cn2)CC1. The maximum absolute atomic E-state index is 12.4. The highest BCUT2D eigenvalue weighted by molar-refractivity contribution is 5.92. The summed E-state index contributed by atoms with van der Waals surface area (Å²) in [6, 6.07) is 0.477. The molecule has 2 heterocycles. The molecule has 1 aromatic heterocycles. The van der Waals surface area contributed by atoms with Gasteiger partial charge in [0.15, 0.2) is 0 Å². The van der Waals surface area contributed by atoms with E-state index in [1.807, 2.05) is 0 Å². The Morgan fingerprint density at radius 3 is 2.36 bits per heavy atom. The minimum absolute atomic E-state index is 0.0313. The number of rotatable bonds is 5. The van der Waals surface area contributed by atoms with Crippen LogP contribution in [0.3, 0.4) is 0 Å². The number of ether oxygens (including phenoxy) is 1. The van der Waals surface area contributed by atoms with Crippen molar-refractivity contribution in [3.8, 4) is 0 Å². The molecule has 2 amide bonds. The molecule has 1 aromatic rings. The van der Waals surface area contributed by atoms with Gasteiger partial charge in [-0.1, -0.05) is 25.7 Å². The van der Waals surface area contributed by atoms with E-state index in [9.17, 15) is 9.59 Å². The van der Waals surface area contributed by atoms with Gasteiger partial charge >= 0.3 is 6.09 Å². The first-order chi connectivity index (χ1) is 13.7. The number of carbonyl (C=O) groups excluding carboxylic acids is 2. The van der Waals surface area contributed by atoms with Gasteiger partial charge < -0.3 is 20.3 Å². The maximum atomic E-state index is 12.4.